The molecule has 84 valence electrons. The Kier molecular flexibility index (Phi) is 2.95. The van der Waals surface area contributed by atoms with Gasteiger partial charge in [0.25, 0.3) is 5.56 Å². The molecule has 1 aromatic carbocycles. The lowest BCUT2D eigenvalue weighted by molar-refractivity contribution is 0.585. The van der Waals surface area contributed by atoms with E-state index in [2.05, 4.69) is 12.0 Å². The number of nitrogens with zero attached hydrogens (tertiary/aromatic N) is 1. The molecule has 3 nitrogen and oxygen atoms in total. The van der Waals surface area contributed by atoms with Gasteiger partial charge in [0, 0.05) is 12.7 Å². The first-order chi connectivity index (χ1) is 7.74. The van der Waals surface area contributed by atoms with Crippen molar-refractivity contribution >= 4 is 0 Å². The zero-order valence-electron chi connectivity index (χ0n) is 9.66. The number of rotatable bonds is 3. The second-order valence-corrected chi connectivity index (χ2v) is 3.96. The van der Waals surface area contributed by atoms with Gasteiger partial charge in [0.1, 0.15) is 0 Å². The lowest BCUT2D eigenvalue weighted by Crippen LogP contribution is -2.17. The molecule has 0 unspecified atom stereocenters. The van der Waals surface area contributed by atoms with Crippen molar-refractivity contribution in [2.75, 3.05) is 0 Å². The third kappa shape index (κ3) is 1.81. The van der Waals surface area contributed by atoms with Crippen molar-refractivity contribution < 1.29 is 0 Å². The molecule has 0 fully saturated rings. The van der Waals surface area contributed by atoms with Crippen molar-refractivity contribution in [2.24, 2.45) is 0 Å². The van der Waals surface area contributed by atoms with E-state index in [0.717, 1.165) is 29.7 Å². The monoisotopic (exact) mass is 216 g/mol. The van der Waals surface area contributed by atoms with Crippen LogP contribution in [0, 0.1) is 6.92 Å². The Balaban J connectivity index is 2.50. The third-order valence-electron chi connectivity index (χ3n) is 2.72. The molecular formula is C13H16N2O. The van der Waals surface area contributed by atoms with Gasteiger partial charge in [-0.2, -0.15) is 0 Å². The van der Waals surface area contributed by atoms with Gasteiger partial charge in [0.2, 0.25) is 0 Å². The van der Waals surface area contributed by atoms with Gasteiger partial charge < -0.3 is 5.10 Å². The minimum atomic E-state index is 0.0659. The molecule has 0 aliphatic carbocycles. The average molecular weight is 216 g/mol. The van der Waals surface area contributed by atoms with E-state index >= 15 is 0 Å². The SMILES string of the molecule is CCCn1[nH]cc(-c2ccccc2C)c1=O. The molecule has 0 aliphatic rings. The molecule has 2 rings (SSSR count). The maximum Gasteiger partial charge on any atom is 0.274 e. The Morgan fingerprint density at radius 3 is 2.69 bits per heavy atom. The Hall–Kier alpha value is -1.77. The van der Waals surface area contributed by atoms with E-state index in [1.165, 1.54) is 0 Å². The fourth-order valence-electron chi connectivity index (χ4n) is 1.87. The minimum absolute atomic E-state index is 0.0659. The molecule has 0 aliphatic heterocycles. The fourth-order valence-corrected chi connectivity index (χ4v) is 1.87. The molecule has 16 heavy (non-hydrogen) atoms. The number of hydrogen-bond donors (Lipinski definition) is 1. The van der Waals surface area contributed by atoms with Crippen LogP contribution in [0.2, 0.25) is 0 Å². The number of hydrogen-bond acceptors (Lipinski definition) is 1. The highest BCUT2D eigenvalue weighted by molar-refractivity contribution is 5.65. The van der Waals surface area contributed by atoms with Crippen LogP contribution in [0.3, 0.4) is 0 Å². The summed E-state index contributed by atoms with van der Waals surface area (Å²) in [4.78, 5) is 12.0. The Morgan fingerprint density at radius 2 is 2.00 bits per heavy atom. The smallest absolute Gasteiger partial charge is 0.274 e. The van der Waals surface area contributed by atoms with Crippen LogP contribution in [0.1, 0.15) is 18.9 Å². The van der Waals surface area contributed by atoms with E-state index in [1.54, 1.807) is 10.9 Å². The van der Waals surface area contributed by atoms with Crippen molar-refractivity contribution in [1.82, 2.24) is 9.78 Å². The molecule has 3 heteroatoms. The Morgan fingerprint density at radius 1 is 1.25 bits per heavy atom. The van der Waals surface area contributed by atoms with Crippen molar-refractivity contribution in [2.45, 2.75) is 26.8 Å². The molecule has 1 heterocycles. The zero-order valence-corrected chi connectivity index (χ0v) is 9.66. The average Bonchev–Trinajstić information content (AvgIpc) is 2.62. The van der Waals surface area contributed by atoms with Crippen LogP contribution in [0.25, 0.3) is 11.1 Å². The van der Waals surface area contributed by atoms with Gasteiger partial charge in [-0.1, -0.05) is 31.2 Å². The molecule has 0 bridgehead atoms. The number of benzene rings is 1. The van der Waals surface area contributed by atoms with Crippen molar-refractivity contribution in [3.8, 4) is 11.1 Å². The number of H-pyrrole nitrogens is 1. The van der Waals surface area contributed by atoms with Crippen LogP contribution in [0.5, 0.6) is 0 Å². The van der Waals surface area contributed by atoms with E-state index in [1.807, 2.05) is 31.2 Å². The van der Waals surface area contributed by atoms with Crippen molar-refractivity contribution in [3.63, 3.8) is 0 Å². The lowest BCUT2D eigenvalue weighted by Gasteiger charge is -2.00. The first-order valence-electron chi connectivity index (χ1n) is 5.58. The third-order valence-corrected chi connectivity index (χ3v) is 2.72. The lowest BCUT2D eigenvalue weighted by atomic mass is 10.0. The number of aromatic amines is 1. The number of nitrogens with one attached hydrogen (secondary N) is 1. The summed E-state index contributed by atoms with van der Waals surface area (Å²) in [6.07, 6.45) is 2.74. The highest BCUT2D eigenvalue weighted by Gasteiger charge is 2.09. The summed E-state index contributed by atoms with van der Waals surface area (Å²) in [5.41, 5.74) is 2.96. The predicted octanol–water partition coefficient (Wildman–Crippen LogP) is 2.56. The second kappa shape index (κ2) is 4.39. The van der Waals surface area contributed by atoms with E-state index < -0.39 is 0 Å². The van der Waals surface area contributed by atoms with Crippen LogP contribution in [-0.2, 0) is 6.54 Å². The molecule has 0 saturated carbocycles. The zero-order chi connectivity index (χ0) is 11.5. The van der Waals surface area contributed by atoms with Crippen molar-refractivity contribution in [1.29, 1.82) is 0 Å². The molecule has 0 amide bonds. The Bertz CT molecular complexity index is 537. The molecule has 0 saturated heterocycles. The second-order valence-electron chi connectivity index (χ2n) is 3.96. The van der Waals surface area contributed by atoms with Gasteiger partial charge in [-0.05, 0) is 24.5 Å². The summed E-state index contributed by atoms with van der Waals surface area (Å²) in [5.74, 6) is 0. The van der Waals surface area contributed by atoms with E-state index in [4.69, 9.17) is 0 Å². The summed E-state index contributed by atoms with van der Waals surface area (Å²) >= 11 is 0. The summed E-state index contributed by atoms with van der Waals surface area (Å²) in [5, 5.41) is 3.00. The maximum absolute atomic E-state index is 12.0. The van der Waals surface area contributed by atoms with Crippen LogP contribution >= 0.6 is 0 Å². The number of aryl methyl sites for hydroxylation is 2. The standard InChI is InChI=1S/C13H16N2O/c1-3-8-15-13(16)12(9-14-15)11-7-5-4-6-10(11)2/h4-7,9,14H,3,8H2,1-2H3. The van der Waals surface area contributed by atoms with Crippen molar-refractivity contribution in [3.05, 3.63) is 46.4 Å². The molecule has 1 aromatic heterocycles. The largest absolute Gasteiger partial charge is 0.302 e. The van der Waals surface area contributed by atoms with Gasteiger partial charge in [0.05, 0.1) is 5.56 Å². The van der Waals surface area contributed by atoms with Gasteiger partial charge in [-0.25, -0.2) is 0 Å². The van der Waals surface area contributed by atoms with Gasteiger partial charge in [-0.3, -0.25) is 9.48 Å². The molecule has 0 spiro atoms. The van der Waals surface area contributed by atoms with E-state index in [0.29, 0.717) is 0 Å². The fraction of sp³-hybridized carbons (Fsp3) is 0.308. The summed E-state index contributed by atoms with van der Waals surface area (Å²) in [7, 11) is 0. The van der Waals surface area contributed by atoms with Gasteiger partial charge in [-0.15, -0.1) is 0 Å². The van der Waals surface area contributed by atoms with Crippen LogP contribution < -0.4 is 5.56 Å². The minimum Gasteiger partial charge on any atom is -0.302 e. The van der Waals surface area contributed by atoms with Gasteiger partial charge >= 0.3 is 0 Å². The van der Waals surface area contributed by atoms with Crippen LogP contribution in [-0.4, -0.2) is 9.78 Å². The van der Waals surface area contributed by atoms with Crippen LogP contribution in [0.15, 0.2) is 35.3 Å². The maximum atomic E-state index is 12.0. The van der Waals surface area contributed by atoms with Gasteiger partial charge in [0.15, 0.2) is 0 Å². The van der Waals surface area contributed by atoms with Crippen LogP contribution in [0.4, 0.5) is 0 Å². The molecular weight excluding hydrogens is 200 g/mol. The van der Waals surface area contributed by atoms with E-state index in [-0.39, 0.29) is 5.56 Å². The summed E-state index contributed by atoms with van der Waals surface area (Å²) < 4.78 is 1.65. The summed E-state index contributed by atoms with van der Waals surface area (Å²) in [6.45, 7) is 4.82. The molecule has 0 radical (unpaired) electrons. The molecule has 0 atom stereocenters. The van der Waals surface area contributed by atoms with E-state index in [9.17, 15) is 4.79 Å². The Labute approximate surface area is 94.7 Å². The predicted molar refractivity (Wildman–Crippen MR) is 65.5 cm³/mol. The first-order valence-corrected chi connectivity index (χ1v) is 5.58. The highest BCUT2D eigenvalue weighted by atomic mass is 16.1. The summed E-state index contributed by atoms with van der Waals surface area (Å²) in [6, 6.07) is 7.94. The first kappa shape index (κ1) is 10.7. The normalized spacial score (nSPS) is 10.6. The molecule has 2 aromatic rings. The quantitative estimate of drug-likeness (QED) is 0.841. The molecule has 1 N–H and O–H groups in total. The highest BCUT2D eigenvalue weighted by Crippen LogP contribution is 2.18. The topological polar surface area (TPSA) is 37.8 Å². The number of aromatic nitrogens is 2.